The Morgan fingerprint density at radius 1 is 1.04 bits per heavy atom. The lowest BCUT2D eigenvalue weighted by atomic mass is 10.2. The van der Waals surface area contributed by atoms with Gasteiger partial charge in [-0.25, -0.2) is 9.38 Å². The Labute approximate surface area is 162 Å². The minimum absolute atomic E-state index is 0.210. The smallest absolute Gasteiger partial charge is 0.222 e. The van der Waals surface area contributed by atoms with Gasteiger partial charge < -0.3 is 16.0 Å². The van der Waals surface area contributed by atoms with Crippen LogP contribution in [-0.4, -0.2) is 36.2 Å². The van der Waals surface area contributed by atoms with Crippen molar-refractivity contribution in [1.82, 2.24) is 4.90 Å². The summed E-state index contributed by atoms with van der Waals surface area (Å²) >= 11 is 5.98. The van der Waals surface area contributed by atoms with E-state index in [4.69, 9.17) is 17.3 Å². The molecule has 0 bridgehead atoms. The zero-order valence-electron chi connectivity index (χ0n) is 14.6. The molecule has 0 aromatic heterocycles. The van der Waals surface area contributed by atoms with Crippen LogP contribution in [0.25, 0.3) is 0 Å². The highest BCUT2D eigenvalue weighted by Crippen LogP contribution is 2.26. The second kappa shape index (κ2) is 7.44. The molecule has 3 N–H and O–H groups in total. The van der Waals surface area contributed by atoms with Crippen LogP contribution in [0.15, 0.2) is 58.5 Å². The first kappa shape index (κ1) is 17.6. The van der Waals surface area contributed by atoms with Crippen molar-refractivity contribution in [3.8, 4) is 0 Å². The van der Waals surface area contributed by atoms with E-state index in [1.54, 1.807) is 24.3 Å². The lowest BCUT2D eigenvalue weighted by Crippen LogP contribution is -2.54. The number of halogens is 2. The lowest BCUT2D eigenvalue weighted by Gasteiger charge is -2.38. The second-order valence-electron chi connectivity index (χ2n) is 6.46. The summed E-state index contributed by atoms with van der Waals surface area (Å²) in [4.78, 5) is 13.1. The predicted octanol–water partition coefficient (Wildman–Crippen LogP) is 3.46. The molecule has 1 unspecified atom stereocenters. The van der Waals surface area contributed by atoms with Gasteiger partial charge in [-0.1, -0.05) is 11.6 Å². The van der Waals surface area contributed by atoms with Crippen LogP contribution in [-0.2, 0) is 0 Å². The third-order valence-corrected chi connectivity index (χ3v) is 4.81. The predicted molar refractivity (Wildman–Crippen MR) is 108 cm³/mol. The molecule has 1 fully saturated rings. The summed E-state index contributed by atoms with van der Waals surface area (Å²) in [5.74, 6) is 0.639. The van der Waals surface area contributed by atoms with E-state index in [1.165, 1.54) is 12.1 Å². The number of nitrogens with two attached hydrogens (primary N) is 1. The van der Waals surface area contributed by atoms with E-state index in [2.05, 4.69) is 20.2 Å². The summed E-state index contributed by atoms with van der Waals surface area (Å²) in [6.45, 7) is 1.80. The molecule has 2 aromatic carbocycles. The maximum atomic E-state index is 13.5. The zero-order chi connectivity index (χ0) is 18.8. The van der Waals surface area contributed by atoms with Crippen molar-refractivity contribution in [2.45, 2.75) is 19.1 Å². The van der Waals surface area contributed by atoms with E-state index in [1.807, 2.05) is 17.0 Å². The first-order valence-electron chi connectivity index (χ1n) is 8.84. The van der Waals surface area contributed by atoms with Gasteiger partial charge in [0, 0.05) is 29.5 Å². The molecule has 8 heteroatoms. The molecule has 0 spiro atoms. The van der Waals surface area contributed by atoms with Crippen LogP contribution in [0.2, 0.25) is 5.02 Å². The Morgan fingerprint density at radius 3 is 2.37 bits per heavy atom. The minimum Gasteiger partial charge on any atom is -0.368 e. The molecule has 2 aliphatic rings. The number of guanidine groups is 2. The molecule has 0 aliphatic carbocycles. The molecule has 1 saturated heterocycles. The SMILES string of the molecule is NC1=NC(Nc2ccc(Cl)cc2)N(c2ccc(F)cc2)C(N2CCCC2)=N1. The maximum absolute atomic E-state index is 13.5. The van der Waals surface area contributed by atoms with Crippen LogP contribution in [0.5, 0.6) is 0 Å². The Morgan fingerprint density at radius 2 is 1.70 bits per heavy atom. The van der Waals surface area contributed by atoms with Crippen LogP contribution < -0.4 is 16.0 Å². The van der Waals surface area contributed by atoms with Crippen molar-refractivity contribution in [2.24, 2.45) is 15.7 Å². The molecular formula is C19H20ClFN6. The molecule has 0 radical (unpaired) electrons. The van der Waals surface area contributed by atoms with E-state index in [9.17, 15) is 4.39 Å². The van der Waals surface area contributed by atoms with Crippen LogP contribution in [0, 0.1) is 5.82 Å². The average Bonchev–Trinajstić information content (AvgIpc) is 3.19. The third kappa shape index (κ3) is 3.83. The fourth-order valence-electron chi connectivity index (χ4n) is 3.27. The highest BCUT2D eigenvalue weighted by atomic mass is 35.5. The van der Waals surface area contributed by atoms with E-state index in [-0.39, 0.29) is 11.8 Å². The molecule has 0 saturated carbocycles. The van der Waals surface area contributed by atoms with Gasteiger partial charge in [0.25, 0.3) is 0 Å². The van der Waals surface area contributed by atoms with E-state index in [0.29, 0.717) is 5.02 Å². The second-order valence-corrected chi connectivity index (χ2v) is 6.90. The van der Waals surface area contributed by atoms with Crippen LogP contribution in [0.1, 0.15) is 12.8 Å². The Hall–Kier alpha value is -2.80. The largest absolute Gasteiger partial charge is 0.368 e. The van der Waals surface area contributed by atoms with Crippen molar-refractivity contribution in [1.29, 1.82) is 0 Å². The molecule has 2 aromatic rings. The Balaban J connectivity index is 1.71. The first-order chi connectivity index (χ1) is 13.1. The van der Waals surface area contributed by atoms with Gasteiger partial charge in [0.2, 0.25) is 18.2 Å². The van der Waals surface area contributed by atoms with Gasteiger partial charge in [0.05, 0.1) is 0 Å². The van der Waals surface area contributed by atoms with Crippen LogP contribution in [0.3, 0.4) is 0 Å². The van der Waals surface area contributed by atoms with Crippen molar-refractivity contribution in [2.75, 3.05) is 23.3 Å². The van der Waals surface area contributed by atoms with Gasteiger partial charge in [-0.2, -0.15) is 4.99 Å². The number of likely N-dealkylation sites (tertiary alicyclic amines) is 1. The number of hydrogen-bond acceptors (Lipinski definition) is 6. The summed E-state index contributed by atoms with van der Waals surface area (Å²) in [5, 5.41) is 4.01. The lowest BCUT2D eigenvalue weighted by molar-refractivity contribution is 0.497. The molecule has 1 atom stereocenters. The molecule has 27 heavy (non-hydrogen) atoms. The first-order valence-corrected chi connectivity index (χ1v) is 9.22. The number of hydrogen-bond donors (Lipinski definition) is 2. The van der Waals surface area contributed by atoms with E-state index < -0.39 is 6.29 Å². The van der Waals surface area contributed by atoms with E-state index >= 15 is 0 Å². The summed E-state index contributed by atoms with van der Waals surface area (Å²) in [7, 11) is 0. The van der Waals surface area contributed by atoms with Gasteiger partial charge >= 0.3 is 0 Å². The number of aliphatic imine (C=N–C) groups is 2. The van der Waals surface area contributed by atoms with Crippen LogP contribution >= 0.6 is 11.6 Å². The van der Waals surface area contributed by atoms with Crippen molar-refractivity contribution in [3.63, 3.8) is 0 Å². The van der Waals surface area contributed by atoms with Gasteiger partial charge in [-0.15, -0.1) is 0 Å². The maximum Gasteiger partial charge on any atom is 0.222 e. The van der Waals surface area contributed by atoms with Crippen LogP contribution in [0.4, 0.5) is 15.8 Å². The highest BCUT2D eigenvalue weighted by molar-refractivity contribution is 6.30. The van der Waals surface area contributed by atoms with Gasteiger partial charge in [-0.05, 0) is 61.4 Å². The van der Waals surface area contributed by atoms with Crippen molar-refractivity contribution >= 4 is 34.9 Å². The molecule has 6 nitrogen and oxygen atoms in total. The van der Waals surface area contributed by atoms with Gasteiger partial charge in [-0.3, -0.25) is 4.90 Å². The zero-order valence-corrected chi connectivity index (χ0v) is 15.4. The highest BCUT2D eigenvalue weighted by Gasteiger charge is 2.32. The number of nitrogens with zero attached hydrogens (tertiary/aromatic N) is 4. The summed E-state index contributed by atoms with van der Waals surface area (Å²) < 4.78 is 13.5. The van der Waals surface area contributed by atoms with E-state index in [0.717, 1.165) is 43.3 Å². The molecule has 2 heterocycles. The summed E-state index contributed by atoms with van der Waals surface area (Å²) in [5.41, 5.74) is 7.64. The average molecular weight is 387 g/mol. The number of benzene rings is 2. The molecule has 140 valence electrons. The van der Waals surface area contributed by atoms with Gasteiger partial charge in [0.1, 0.15) is 5.82 Å². The fourth-order valence-corrected chi connectivity index (χ4v) is 3.39. The Bertz CT molecular complexity index is 859. The number of nitrogens with one attached hydrogen (secondary N) is 1. The van der Waals surface area contributed by atoms with Gasteiger partial charge in [0.15, 0.2) is 0 Å². The monoisotopic (exact) mass is 386 g/mol. The number of rotatable bonds is 3. The summed E-state index contributed by atoms with van der Waals surface area (Å²) in [6.07, 6.45) is 1.69. The topological polar surface area (TPSA) is 69.2 Å². The third-order valence-electron chi connectivity index (χ3n) is 4.56. The quantitative estimate of drug-likeness (QED) is 0.847. The molecule has 0 amide bonds. The van der Waals surface area contributed by atoms with Crippen molar-refractivity contribution < 1.29 is 4.39 Å². The molecule has 4 rings (SSSR count). The minimum atomic E-state index is -0.510. The van der Waals surface area contributed by atoms with Crippen molar-refractivity contribution in [3.05, 3.63) is 59.4 Å². The standard InChI is InChI=1S/C19H20ClFN6/c20-13-3-7-15(8-4-13)23-18-24-17(22)25-19(26-11-1-2-12-26)27(18)16-9-5-14(21)6-10-16/h3-10,18,23H,1-2,11-12H2,(H2,22,24). The Kier molecular flexibility index (Phi) is 4.85. The normalized spacial score (nSPS) is 19.7. The summed E-state index contributed by atoms with van der Waals surface area (Å²) in [6, 6.07) is 13.6. The number of anilines is 2. The molecular weight excluding hydrogens is 367 g/mol. The molecule has 2 aliphatic heterocycles. The fraction of sp³-hybridized carbons (Fsp3) is 0.263.